The number of thiophene rings is 1. The molecule has 1 aromatic heterocycles. The van der Waals surface area contributed by atoms with E-state index in [4.69, 9.17) is 25.8 Å². The van der Waals surface area contributed by atoms with Crippen LogP contribution in [-0.2, 0) is 11.4 Å². The number of nitrogens with zero attached hydrogens (tertiary/aromatic N) is 1. The third-order valence-electron chi connectivity index (χ3n) is 6.06. The molecule has 6 nitrogen and oxygen atoms in total. The standard InChI is InChI=1S/C26H28ClNO5S/c1-31-20-13-19(14-21(32-2)25(20)33-16-17-7-4-3-5-8-17)24(22-10-11-23(27)34-22)28-12-6-9-18(15-28)26(29)30/h3-5,7-8,10-11,13-14,18,24H,6,9,12,15-16H2,1-2H3,(H,29,30). The molecular weight excluding hydrogens is 474 g/mol. The van der Waals surface area contributed by atoms with Crippen molar-refractivity contribution in [1.82, 2.24) is 4.90 Å². The Kier molecular flexibility index (Phi) is 7.98. The van der Waals surface area contributed by atoms with Crippen LogP contribution in [0, 0.1) is 5.92 Å². The summed E-state index contributed by atoms with van der Waals surface area (Å²) in [6.45, 7) is 1.64. The summed E-state index contributed by atoms with van der Waals surface area (Å²) >= 11 is 7.78. The second-order valence-electron chi connectivity index (χ2n) is 8.25. The zero-order chi connectivity index (χ0) is 24.1. The second kappa shape index (κ2) is 11.1. The monoisotopic (exact) mass is 501 g/mol. The minimum atomic E-state index is -0.757. The van der Waals surface area contributed by atoms with Gasteiger partial charge in [0.2, 0.25) is 5.75 Å². The van der Waals surface area contributed by atoms with Crippen molar-refractivity contribution in [2.75, 3.05) is 27.3 Å². The van der Waals surface area contributed by atoms with E-state index in [2.05, 4.69) is 4.90 Å². The molecule has 4 rings (SSSR count). The van der Waals surface area contributed by atoms with E-state index in [1.807, 2.05) is 54.6 Å². The summed E-state index contributed by atoms with van der Waals surface area (Å²) < 4.78 is 18.2. The molecule has 1 aliphatic heterocycles. The van der Waals surface area contributed by atoms with Gasteiger partial charge in [-0.15, -0.1) is 11.3 Å². The van der Waals surface area contributed by atoms with Crippen LogP contribution in [0.2, 0.25) is 4.34 Å². The Labute approximate surface area is 208 Å². The first-order chi connectivity index (χ1) is 16.5. The van der Waals surface area contributed by atoms with Gasteiger partial charge in [0.1, 0.15) is 6.61 Å². The van der Waals surface area contributed by atoms with Gasteiger partial charge in [0.15, 0.2) is 11.5 Å². The predicted molar refractivity (Wildman–Crippen MR) is 133 cm³/mol. The Bertz CT molecular complexity index is 1090. The van der Waals surface area contributed by atoms with Gasteiger partial charge in [-0.25, -0.2) is 0 Å². The number of benzene rings is 2. The molecular formula is C26H28ClNO5S. The molecule has 180 valence electrons. The number of rotatable bonds is 9. The predicted octanol–water partition coefficient (Wildman–Crippen LogP) is 5.88. The first-order valence-electron chi connectivity index (χ1n) is 11.1. The number of piperidine rings is 1. The van der Waals surface area contributed by atoms with E-state index in [0.717, 1.165) is 29.0 Å². The number of halogens is 1. The molecule has 8 heteroatoms. The van der Waals surface area contributed by atoms with E-state index in [9.17, 15) is 9.90 Å². The van der Waals surface area contributed by atoms with Gasteiger partial charge >= 0.3 is 5.97 Å². The summed E-state index contributed by atoms with van der Waals surface area (Å²) in [5, 5.41) is 9.64. The maximum atomic E-state index is 11.7. The van der Waals surface area contributed by atoms with Gasteiger partial charge in [0, 0.05) is 11.4 Å². The molecule has 1 N–H and O–H groups in total. The third-order valence-corrected chi connectivity index (χ3v) is 7.34. The Morgan fingerprint density at radius 1 is 1.15 bits per heavy atom. The van der Waals surface area contributed by atoms with E-state index in [1.165, 1.54) is 11.3 Å². The summed E-state index contributed by atoms with van der Waals surface area (Å²) in [4.78, 5) is 15.0. The summed E-state index contributed by atoms with van der Waals surface area (Å²) in [6, 6.07) is 17.5. The van der Waals surface area contributed by atoms with Crippen molar-refractivity contribution < 1.29 is 24.1 Å². The third kappa shape index (κ3) is 5.49. The van der Waals surface area contributed by atoms with Crippen LogP contribution in [0.25, 0.3) is 0 Å². The number of likely N-dealkylation sites (tertiary alicyclic amines) is 1. The Morgan fingerprint density at radius 3 is 2.44 bits per heavy atom. The molecule has 1 fully saturated rings. The van der Waals surface area contributed by atoms with Crippen LogP contribution in [-0.4, -0.2) is 43.3 Å². The lowest BCUT2D eigenvalue weighted by molar-refractivity contribution is -0.143. The summed E-state index contributed by atoms with van der Waals surface area (Å²) in [5.41, 5.74) is 1.97. The molecule has 1 aliphatic rings. The van der Waals surface area contributed by atoms with Crippen LogP contribution >= 0.6 is 22.9 Å². The van der Waals surface area contributed by atoms with Crippen molar-refractivity contribution in [2.45, 2.75) is 25.5 Å². The van der Waals surface area contributed by atoms with E-state index in [-0.39, 0.29) is 6.04 Å². The Balaban J connectivity index is 1.71. The molecule has 3 aromatic rings. The van der Waals surface area contributed by atoms with Crippen LogP contribution in [0.4, 0.5) is 0 Å². The normalized spacial score (nSPS) is 17.2. The van der Waals surface area contributed by atoms with Crippen molar-refractivity contribution in [3.8, 4) is 17.2 Å². The van der Waals surface area contributed by atoms with Gasteiger partial charge in [0.25, 0.3) is 0 Å². The van der Waals surface area contributed by atoms with Crippen molar-refractivity contribution in [1.29, 1.82) is 0 Å². The van der Waals surface area contributed by atoms with Crippen molar-refractivity contribution in [2.24, 2.45) is 5.92 Å². The zero-order valence-electron chi connectivity index (χ0n) is 19.2. The molecule has 2 aromatic carbocycles. The molecule has 2 atom stereocenters. The lowest BCUT2D eigenvalue weighted by Crippen LogP contribution is -2.41. The first-order valence-corrected chi connectivity index (χ1v) is 12.3. The van der Waals surface area contributed by atoms with E-state index in [1.54, 1.807) is 14.2 Å². The quantitative estimate of drug-likeness (QED) is 0.394. The van der Waals surface area contributed by atoms with E-state index < -0.39 is 11.9 Å². The van der Waals surface area contributed by atoms with E-state index >= 15 is 0 Å². The number of hydrogen-bond donors (Lipinski definition) is 1. The van der Waals surface area contributed by atoms with Gasteiger partial charge in [-0.05, 0) is 54.8 Å². The summed E-state index contributed by atoms with van der Waals surface area (Å²) in [6.07, 6.45) is 1.50. The lowest BCUT2D eigenvalue weighted by atomic mass is 9.94. The minimum Gasteiger partial charge on any atom is -0.493 e. The maximum Gasteiger partial charge on any atom is 0.307 e. The summed E-state index contributed by atoms with van der Waals surface area (Å²) in [7, 11) is 3.21. The lowest BCUT2D eigenvalue weighted by Gasteiger charge is -2.37. The average molecular weight is 502 g/mol. The fourth-order valence-electron chi connectivity index (χ4n) is 4.40. The molecule has 0 amide bonds. The fraction of sp³-hybridized carbons (Fsp3) is 0.346. The van der Waals surface area contributed by atoms with Crippen molar-refractivity contribution in [3.63, 3.8) is 0 Å². The molecule has 0 aliphatic carbocycles. The number of methoxy groups -OCH3 is 2. The molecule has 0 saturated carbocycles. The smallest absolute Gasteiger partial charge is 0.307 e. The van der Waals surface area contributed by atoms with Crippen LogP contribution in [0.1, 0.15) is 34.9 Å². The maximum absolute atomic E-state index is 11.7. The molecule has 1 saturated heterocycles. The van der Waals surface area contributed by atoms with Crippen LogP contribution < -0.4 is 14.2 Å². The zero-order valence-corrected chi connectivity index (χ0v) is 20.8. The number of carboxylic acids is 1. The Hall–Kier alpha value is -2.74. The minimum absolute atomic E-state index is 0.175. The highest BCUT2D eigenvalue weighted by molar-refractivity contribution is 7.16. The van der Waals surface area contributed by atoms with Gasteiger partial charge in [-0.2, -0.15) is 0 Å². The fourth-order valence-corrected chi connectivity index (χ4v) is 5.63. The van der Waals surface area contributed by atoms with Crippen LogP contribution in [0.5, 0.6) is 17.2 Å². The number of aliphatic carboxylic acids is 1. The molecule has 34 heavy (non-hydrogen) atoms. The van der Waals surface area contributed by atoms with Gasteiger partial charge in [0.05, 0.1) is 30.5 Å². The first kappa shape index (κ1) is 24.4. The van der Waals surface area contributed by atoms with Crippen molar-refractivity contribution >= 4 is 28.9 Å². The van der Waals surface area contributed by atoms with Crippen LogP contribution in [0.3, 0.4) is 0 Å². The number of carbonyl (C=O) groups is 1. The SMILES string of the molecule is COc1cc(C(c2ccc(Cl)s2)N2CCCC(C(=O)O)C2)cc(OC)c1OCc1ccccc1. The number of carboxylic acid groups (broad SMARTS) is 1. The largest absolute Gasteiger partial charge is 0.493 e. The molecule has 0 radical (unpaired) electrons. The molecule has 0 spiro atoms. The number of ether oxygens (including phenoxy) is 3. The molecule has 2 heterocycles. The summed E-state index contributed by atoms with van der Waals surface area (Å²) in [5.74, 6) is 0.494. The van der Waals surface area contributed by atoms with E-state index in [0.29, 0.717) is 41.2 Å². The van der Waals surface area contributed by atoms with Gasteiger partial charge in [-0.1, -0.05) is 41.9 Å². The van der Waals surface area contributed by atoms with Gasteiger partial charge in [-0.3, -0.25) is 9.69 Å². The van der Waals surface area contributed by atoms with Gasteiger partial charge < -0.3 is 19.3 Å². The highest BCUT2D eigenvalue weighted by atomic mass is 35.5. The topological polar surface area (TPSA) is 68.2 Å². The molecule has 0 bridgehead atoms. The van der Waals surface area contributed by atoms with Crippen LogP contribution in [0.15, 0.2) is 54.6 Å². The molecule has 2 unspecified atom stereocenters. The highest BCUT2D eigenvalue weighted by Gasteiger charge is 2.33. The second-order valence-corrected chi connectivity index (χ2v) is 9.99. The number of hydrogen-bond acceptors (Lipinski definition) is 6. The van der Waals surface area contributed by atoms with Crippen molar-refractivity contribution in [3.05, 3.63) is 74.9 Å². The Morgan fingerprint density at radius 2 is 1.85 bits per heavy atom. The average Bonchev–Trinajstić information content (AvgIpc) is 3.29. The highest BCUT2D eigenvalue weighted by Crippen LogP contribution is 2.45.